The Labute approximate surface area is 105 Å². The molecule has 2 heteroatoms. The van der Waals surface area contributed by atoms with Crippen LogP contribution >= 0.6 is 0 Å². The average Bonchev–Trinajstić information content (AvgIpc) is 2.29. The third-order valence-electron chi connectivity index (χ3n) is 3.49. The molecule has 17 heavy (non-hydrogen) atoms. The summed E-state index contributed by atoms with van der Waals surface area (Å²) in [5.41, 5.74) is 2.59. The van der Waals surface area contributed by atoms with Gasteiger partial charge in [0, 0.05) is 12.7 Å². The van der Waals surface area contributed by atoms with Crippen molar-refractivity contribution in [1.82, 2.24) is 9.88 Å². The predicted octanol–water partition coefficient (Wildman–Crippen LogP) is 3.57. The molecule has 1 unspecified atom stereocenters. The van der Waals surface area contributed by atoms with Crippen molar-refractivity contribution < 1.29 is 0 Å². The third kappa shape index (κ3) is 3.29. The van der Waals surface area contributed by atoms with Gasteiger partial charge in [0.1, 0.15) is 0 Å². The van der Waals surface area contributed by atoms with Crippen LogP contribution < -0.4 is 0 Å². The van der Waals surface area contributed by atoms with Gasteiger partial charge in [-0.25, -0.2) is 0 Å². The minimum Gasteiger partial charge on any atom is -0.295 e. The molecule has 94 valence electrons. The molecule has 0 spiro atoms. The molecule has 1 atom stereocenters. The highest BCUT2D eigenvalue weighted by atomic mass is 15.2. The minimum absolute atomic E-state index is 0.547. The Morgan fingerprint density at radius 1 is 1.41 bits per heavy atom. The Hall–Kier alpha value is -0.890. The summed E-state index contributed by atoms with van der Waals surface area (Å²) in [6.45, 7) is 9.18. The Morgan fingerprint density at radius 3 is 2.94 bits per heavy atom. The Kier molecular flexibility index (Phi) is 4.16. The van der Waals surface area contributed by atoms with E-state index in [-0.39, 0.29) is 0 Å². The van der Waals surface area contributed by atoms with Crippen molar-refractivity contribution in [1.29, 1.82) is 0 Å². The molecule has 0 bridgehead atoms. The van der Waals surface area contributed by atoms with Crippen molar-refractivity contribution in [2.75, 3.05) is 13.1 Å². The van der Waals surface area contributed by atoms with Crippen molar-refractivity contribution in [3.8, 4) is 0 Å². The molecule has 1 fully saturated rings. The topological polar surface area (TPSA) is 16.1 Å². The van der Waals surface area contributed by atoms with Crippen molar-refractivity contribution >= 4 is 0 Å². The molecular weight excluding hydrogens is 208 g/mol. The molecule has 0 saturated carbocycles. The fraction of sp³-hybridized carbons (Fsp3) is 0.667. The lowest BCUT2D eigenvalue weighted by molar-refractivity contribution is 0.129. The first-order valence-electron chi connectivity index (χ1n) is 6.83. The number of aryl methyl sites for hydroxylation is 1. The summed E-state index contributed by atoms with van der Waals surface area (Å²) < 4.78 is 0. The van der Waals surface area contributed by atoms with Gasteiger partial charge < -0.3 is 0 Å². The fourth-order valence-electron chi connectivity index (χ4n) is 2.76. The summed E-state index contributed by atoms with van der Waals surface area (Å²) >= 11 is 0. The molecule has 0 N–H and O–H groups in total. The number of piperidine rings is 1. The second kappa shape index (κ2) is 5.63. The molecule has 2 rings (SSSR count). The maximum atomic E-state index is 4.58. The first-order chi connectivity index (χ1) is 8.16. The Balaban J connectivity index is 2.15. The van der Waals surface area contributed by atoms with E-state index in [1.165, 1.54) is 43.6 Å². The van der Waals surface area contributed by atoms with Crippen LogP contribution in [0.2, 0.25) is 0 Å². The molecule has 1 aliphatic rings. The van der Waals surface area contributed by atoms with Gasteiger partial charge in [0.15, 0.2) is 0 Å². The number of hydrogen-bond acceptors (Lipinski definition) is 2. The second-order valence-corrected chi connectivity index (χ2v) is 5.66. The van der Waals surface area contributed by atoms with E-state index in [4.69, 9.17) is 0 Å². The lowest BCUT2D eigenvalue weighted by atomic mass is 9.97. The highest BCUT2D eigenvalue weighted by molar-refractivity contribution is 5.17. The summed E-state index contributed by atoms with van der Waals surface area (Å²) in [7, 11) is 0. The lowest BCUT2D eigenvalue weighted by Gasteiger charge is -2.36. The summed E-state index contributed by atoms with van der Waals surface area (Å²) in [5, 5.41) is 0. The van der Waals surface area contributed by atoms with Crippen LogP contribution in [0.15, 0.2) is 18.3 Å². The highest BCUT2D eigenvalue weighted by Crippen LogP contribution is 2.30. The van der Waals surface area contributed by atoms with E-state index in [1.54, 1.807) is 0 Å². The molecular formula is C15H24N2. The van der Waals surface area contributed by atoms with E-state index in [2.05, 4.69) is 42.8 Å². The van der Waals surface area contributed by atoms with Crippen molar-refractivity contribution in [3.63, 3.8) is 0 Å². The smallest absolute Gasteiger partial charge is 0.0578 e. The van der Waals surface area contributed by atoms with Crippen LogP contribution in [0.4, 0.5) is 0 Å². The zero-order valence-electron chi connectivity index (χ0n) is 11.3. The van der Waals surface area contributed by atoms with Gasteiger partial charge in [-0.1, -0.05) is 20.3 Å². The van der Waals surface area contributed by atoms with E-state index in [1.807, 2.05) is 6.20 Å². The first-order valence-corrected chi connectivity index (χ1v) is 6.83. The molecule has 1 aliphatic heterocycles. The number of pyridine rings is 1. The summed E-state index contributed by atoms with van der Waals surface area (Å²) in [4.78, 5) is 7.20. The van der Waals surface area contributed by atoms with Gasteiger partial charge in [0.25, 0.3) is 0 Å². The van der Waals surface area contributed by atoms with Crippen LogP contribution in [0.1, 0.15) is 50.4 Å². The fourth-order valence-corrected chi connectivity index (χ4v) is 2.76. The molecule has 2 heterocycles. The zero-order valence-corrected chi connectivity index (χ0v) is 11.3. The van der Waals surface area contributed by atoms with E-state index in [0.29, 0.717) is 6.04 Å². The monoisotopic (exact) mass is 232 g/mol. The van der Waals surface area contributed by atoms with Gasteiger partial charge in [0.2, 0.25) is 0 Å². The van der Waals surface area contributed by atoms with Gasteiger partial charge in [-0.05, 0) is 49.9 Å². The number of aromatic nitrogens is 1. The van der Waals surface area contributed by atoms with Gasteiger partial charge in [-0.2, -0.15) is 0 Å². The van der Waals surface area contributed by atoms with Crippen LogP contribution in [-0.2, 0) is 0 Å². The van der Waals surface area contributed by atoms with Crippen LogP contribution in [0, 0.1) is 12.8 Å². The van der Waals surface area contributed by atoms with Crippen molar-refractivity contribution in [2.24, 2.45) is 5.92 Å². The van der Waals surface area contributed by atoms with Gasteiger partial charge >= 0.3 is 0 Å². The average molecular weight is 232 g/mol. The molecule has 0 aromatic carbocycles. The maximum Gasteiger partial charge on any atom is 0.0578 e. The SMILES string of the molecule is Cc1ccnc(C2CCCCN2CC(C)C)c1. The summed E-state index contributed by atoms with van der Waals surface area (Å²) in [6.07, 6.45) is 5.90. The number of nitrogens with zero attached hydrogens (tertiary/aromatic N) is 2. The normalized spacial score (nSPS) is 22.0. The summed E-state index contributed by atoms with van der Waals surface area (Å²) in [6, 6.07) is 4.88. The quantitative estimate of drug-likeness (QED) is 0.792. The Bertz CT molecular complexity index is 360. The molecule has 2 nitrogen and oxygen atoms in total. The molecule has 1 aromatic heterocycles. The standard InChI is InChI=1S/C15H24N2/c1-12(2)11-17-9-5-4-6-15(17)14-10-13(3)7-8-16-14/h7-8,10,12,15H,4-6,9,11H2,1-3H3. The summed E-state index contributed by atoms with van der Waals surface area (Å²) in [5.74, 6) is 0.736. The lowest BCUT2D eigenvalue weighted by Crippen LogP contribution is -2.36. The number of likely N-dealkylation sites (tertiary alicyclic amines) is 1. The van der Waals surface area contributed by atoms with Crippen molar-refractivity contribution in [3.05, 3.63) is 29.6 Å². The molecule has 0 aliphatic carbocycles. The maximum absolute atomic E-state index is 4.58. The van der Waals surface area contributed by atoms with E-state index in [9.17, 15) is 0 Å². The molecule has 1 aromatic rings. The predicted molar refractivity (Wildman–Crippen MR) is 72.0 cm³/mol. The van der Waals surface area contributed by atoms with Gasteiger partial charge in [-0.15, -0.1) is 0 Å². The highest BCUT2D eigenvalue weighted by Gasteiger charge is 2.25. The van der Waals surface area contributed by atoms with E-state index < -0.39 is 0 Å². The Morgan fingerprint density at radius 2 is 2.24 bits per heavy atom. The van der Waals surface area contributed by atoms with Crippen molar-refractivity contribution in [2.45, 2.75) is 46.1 Å². The van der Waals surface area contributed by atoms with E-state index >= 15 is 0 Å². The third-order valence-corrected chi connectivity index (χ3v) is 3.49. The zero-order chi connectivity index (χ0) is 12.3. The van der Waals surface area contributed by atoms with Crippen LogP contribution in [0.25, 0.3) is 0 Å². The van der Waals surface area contributed by atoms with Crippen LogP contribution in [0.3, 0.4) is 0 Å². The number of hydrogen-bond donors (Lipinski definition) is 0. The first kappa shape index (κ1) is 12.6. The van der Waals surface area contributed by atoms with Crippen LogP contribution in [-0.4, -0.2) is 23.0 Å². The number of rotatable bonds is 3. The molecule has 0 radical (unpaired) electrons. The second-order valence-electron chi connectivity index (χ2n) is 5.66. The van der Waals surface area contributed by atoms with Gasteiger partial charge in [-0.3, -0.25) is 9.88 Å². The molecule has 1 saturated heterocycles. The minimum atomic E-state index is 0.547. The van der Waals surface area contributed by atoms with Gasteiger partial charge in [0.05, 0.1) is 11.7 Å². The largest absolute Gasteiger partial charge is 0.295 e. The molecule has 0 amide bonds. The van der Waals surface area contributed by atoms with E-state index in [0.717, 1.165) is 5.92 Å². The van der Waals surface area contributed by atoms with Crippen LogP contribution in [0.5, 0.6) is 0 Å².